The summed E-state index contributed by atoms with van der Waals surface area (Å²) < 4.78 is 37.7. The number of rotatable bonds is 3. The molecular formula is C18H25F3IN3. The molecule has 1 saturated heterocycles. The van der Waals surface area contributed by atoms with Gasteiger partial charge in [-0.3, -0.25) is 4.99 Å². The Morgan fingerprint density at radius 2 is 1.88 bits per heavy atom. The third-order valence-electron chi connectivity index (χ3n) is 5.34. The van der Waals surface area contributed by atoms with Gasteiger partial charge in [-0.15, -0.1) is 24.0 Å². The van der Waals surface area contributed by atoms with Crippen molar-refractivity contribution in [2.24, 2.45) is 10.4 Å². The van der Waals surface area contributed by atoms with Crippen molar-refractivity contribution >= 4 is 29.9 Å². The fourth-order valence-electron chi connectivity index (χ4n) is 3.71. The molecule has 3 rings (SSSR count). The molecule has 0 amide bonds. The van der Waals surface area contributed by atoms with E-state index >= 15 is 0 Å². The van der Waals surface area contributed by atoms with Crippen LogP contribution in [0.2, 0.25) is 0 Å². The summed E-state index contributed by atoms with van der Waals surface area (Å²) in [5, 5.41) is 3.34. The average Bonchev–Trinajstić information content (AvgIpc) is 2.97. The van der Waals surface area contributed by atoms with Crippen LogP contribution in [-0.2, 0) is 12.6 Å². The van der Waals surface area contributed by atoms with Gasteiger partial charge in [0.2, 0.25) is 0 Å². The summed E-state index contributed by atoms with van der Waals surface area (Å²) in [5.74, 6) is 0.908. The molecule has 1 spiro atoms. The first-order chi connectivity index (χ1) is 11.4. The lowest BCUT2D eigenvalue weighted by atomic mass is 9.68. The molecule has 0 bridgehead atoms. The van der Waals surface area contributed by atoms with Gasteiger partial charge in [0.25, 0.3) is 0 Å². The summed E-state index contributed by atoms with van der Waals surface area (Å²) in [6.07, 6.45) is 1.64. The smallest absolute Gasteiger partial charge is 0.356 e. The maximum Gasteiger partial charge on any atom is 0.416 e. The molecule has 0 radical (unpaired) electrons. The van der Waals surface area contributed by atoms with Gasteiger partial charge in [0.1, 0.15) is 0 Å². The van der Waals surface area contributed by atoms with Gasteiger partial charge in [0.05, 0.1) is 5.56 Å². The Labute approximate surface area is 164 Å². The summed E-state index contributed by atoms with van der Waals surface area (Å²) in [7, 11) is 1.78. The second kappa shape index (κ2) is 8.14. The fourth-order valence-corrected chi connectivity index (χ4v) is 3.71. The molecule has 7 heteroatoms. The van der Waals surface area contributed by atoms with Gasteiger partial charge in [0.15, 0.2) is 5.96 Å². The Kier molecular flexibility index (Phi) is 6.62. The van der Waals surface area contributed by atoms with Crippen molar-refractivity contribution < 1.29 is 13.2 Å². The van der Waals surface area contributed by atoms with E-state index in [1.807, 2.05) is 0 Å². The van der Waals surface area contributed by atoms with Crippen molar-refractivity contribution in [1.29, 1.82) is 0 Å². The van der Waals surface area contributed by atoms with E-state index in [0.29, 0.717) is 18.4 Å². The first kappa shape index (κ1) is 20.3. The van der Waals surface area contributed by atoms with Gasteiger partial charge in [0, 0.05) is 26.7 Å². The number of benzene rings is 1. The van der Waals surface area contributed by atoms with Crippen molar-refractivity contribution in [3.63, 3.8) is 0 Å². The zero-order chi connectivity index (χ0) is 17.2. The number of hydrogen-bond donors (Lipinski definition) is 1. The Balaban J connectivity index is 0.00000225. The van der Waals surface area contributed by atoms with E-state index in [2.05, 4.69) is 15.2 Å². The van der Waals surface area contributed by atoms with E-state index in [9.17, 15) is 13.2 Å². The van der Waals surface area contributed by atoms with E-state index in [0.717, 1.165) is 36.7 Å². The molecule has 0 atom stereocenters. The summed E-state index contributed by atoms with van der Waals surface area (Å²) >= 11 is 0. The van der Waals surface area contributed by atoms with E-state index < -0.39 is 11.7 Å². The topological polar surface area (TPSA) is 27.6 Å². The molecule has 1 aromatic carbocycles. The number of nitrogens with one attached hydrogen (secondary N) is 1. The monoisotopic (exact) mass is 467 g/mol. The van der Waals surface area contributed by atoms with E-state index in [4.69, 9.17) is 0 Å². The summed E-state index contributed by atoms with van der Waals surface area (Å²) in [5.41, 5.74) is 0.811. The number of hydrogen-bond acceptors (Lipinski definition) is 1. The maximum atomic E-state index is 12.6. The molecule has 1 aromatic rings. The van der Waals surface area contributed by atoms with Gasteiger partial charge in [-0.1, -0.05) is 18.6 Å². The van der Waals surface area contributed by atoms with Crippen LogP contribution < -0.4 is 5.32 Å². The number of halogens is 4. The molecule has 1 heterocycles. The van der Waals surface area contributed by atoms with Crippen molar-refractivity contribution in [2.45, 2.75) is 38.3 Å². The first-order valence-electron chi connectivity index (χ1n) is 8.54. The molecule has 1 N–H and O–H groups in total. The lowest BCUT2D eigenvalue weighted by Crippen LogP contribution is -2.43. The minimum Gasteiger partial charge on any atom is -0.356 e. The van der Waals surface area contributed by atoms with E-state index in [1.165, 1.54) is 25.7 Å². The van der Waals surface area contributed by atoms with Gasteiger partial charge >= 0.3 is 6.18 Å². The molecule has 1 aliphatic carbocycles. The van der Waals surface area contributed by atoms with Crippen LogP contribution in [0.5, 0.6) is 0 Å². The Morgan fingerprint density at radius 1 is 1.20 bits per heavy atom. The highest BCUT2D eigenvalue weighted by atomic mass is 127. The number of aliphatic imine (C=N–C) groups is 1. The highest BCUT2D eigenvalue weighted by Crippen LogP contribution is 2.47. The minimum atomic E-state index is -4.27. The van der Waals surface area contributed by atoms with Crippen LogP contribution in [0.15, 0.2) is 29.3 Å². The predicted molar refractivity (Wildman–Crippen MR) is 104 cm³/mol. The number of guanidine groups is 1. The third kappa shape index (κ3) is 4.80. The van der Waals surface area contributed by atoms with Crippen LogP contribution in [0.1, 0.15) is 36.8 Å². The number of alkyl halides is 3. The molecule has 1 saturated carbocycles. The van der Waals surface area contributed by atoms with Gasteiger partial charge < -0.3 is 10.2 Å². The average molecular weight is 467 g/mol. The highest BCUT2D eigenvalue weighted by Gasteiger charge is 2.43. The predicted octanol–water partition coefficient (Wildman–Crippen LogP) is 4.32. The van der Waals surface area contributed by atoms with Crippen LogP contribution in [0.25, 0.3) is 0 Å². The van der Waals surface area contributed by atoms with Crippen LogP contribution in [-0.4, -0.2) is 37.5 Å². The van der Waals surface area contributed by atoms with Gasteiger partial charge in [-0.25, -0.2) is 0 Å². The van der Waals surface area contributed by atoms with Crippen molar-refractivity contribution in [1.82, 2.24) is 10.2 Å². The molecule has 0 aromatic heterocycles. The summed E-state index contributed by atoms with van der Waals surface area (Å²) in [6, 6.07) is 5.38. The molecule has 2 fully saturated rings. The second-order valence-corrected chi connectivity index (χ2v) is 6.94. The molecule has 3 nitrogen and oxygen atoms in total. The normalized spacial score (nSPS) is 19.5. The fraction of sp³-hybridized carbons (Fsp3) is 0.611. The SMILES string of the molecule is CN=C(NCCc1ccc(C(F)(F)F)cc1)N1CCC2(CCC2)C1.I. The lowest BCUT2D eigenvalue weighted by Gasteiger charge is -2.38. The lowest BCUT2D eigenvalue weighted by molar-refractivity contribution is -0.137. The largest absolute Gasteiger partial charge is 0.416 e. The van der Waals surface area contributed by atoms with Gasteiger partial charge in [-0.2, -0.15) is 13.2 Å². The zero-order valence-electron chi connectivity index (χ0n) is 14.4. The first-order valence-corrected chi connectivity index (χ1v) is 8.54. The molecule has 1 aliphatic heterocycles. The molecular weight excluding hydrogens is 442 g/mol. The maximum absolute atomic E-state index is 12.6. The van der Waals surface area contributed by atoms with E-state index in [1.54, 1.807) is 19.2 Å². The minimum absolute atomic E-state index is 0. The van der Waals surface area contributed by atoms with Crippen LogP contribution in [0.3, 0.4) is 0 Å². The van der Waals surface area contributed by atoms with Crippen molar-refractivity contribution in [2.75, 3.05) is 26.7 Å². The molecule has 2 aliphatic rings. The summed E-state index contributed by atoms with van der Waals surface area (Å²) in [6.45, 7) is 2.79. The Hall–Kier alpha value is -0.990. The van der Waals surface area contributed by atoms with Crippen molar-refractivity contribution in [3.8, 4) is 0 Å². The van der Waals surface area contributed by atoms with Crippen LogP contribution in [0, 0.1) is 5.41 Å². The standard InChI is InChI=1S/C18H24F3N3.HI/c1-22-16(24-12-10-17(13-24)8-2-9-17)23-11-7-14-3-5-15(6-4-14)18(19,20)21;/h3-6H,2,7-13H2,1H3,(H,22,23);1H. The summed E-state index contributed by atoms with van der Waals surface area (Å²) in [4.78, 5) is 6.67. The molecule has 0 unspecified atom stereocenters. The second-order valence-electron chi connectivity index (χ2n) is 6.94. The quantitative estimate of drug-likeness (QED) is 0.408. The van der Waals surface area contributed by atoms with Crippen LogP contribution in [0.4, 0.5) is 13.2 Å². The molecule has 140 valence electrons. The molecule has 25 heavy (non-hydrogen) atoms. The third-order valence-corrected chi connectivity index (χ3v) is 5.34. The van der Waals surface area contributed by atoms with Crippen LogP contribution >= 0.6 is 24.0 Å². The van der Waals surface area contributed by atoms with Gasteiger partial charge in [-0.05, 0) is 48.8 Å². The van der Waals surface area contributed by atoms with Crippen molar-refractivity contribution in [3.05, 3.63) is 35.4 Å². The Bertz CT molecular complexity index is 595. The Morgan fingerprint density at radius 3 is 2.36 bits per heavy atom. The zero-order valence-corrected chi connectivity index (χ0v) is 16.7. The van der Waals surface area contributed by atoms with E-state index in [-0.39, 0.29) is 24.0 Å². The number of nitrogens with zero attached hydrogens (tertiary/aromatic N) is 2. The number of likely N-dealkylation sites (tertiary alicyclic amines) is 1. The highest BCUT2D eigenvalue weighted by molar-refractivity contribution is 14.0.